The molecule has 8 nitrogen and oxygen atoms in total. The first-order valence-electron chi connectivity index (χ1n) is 10.6. The first-order valence-corrected chi connectivity index (χ1v) is 10.6. The summed E-state index contributed by atoms with van der Waals surface area (Å²) in [6.45, 7) is 4.38. The molecule has 0 saturated carbocycles. The van der Waals surface area contributed by atoms with Crippen LogP contribution >= 0.6 is 0 Å². The van der Waals surface area contributed by atoms with Crippen LogP contribution < -0.4 is 16.0 Å². The second kappa shape index (κ2) is 8.37. The monoisotopic (exact) mass is 421 g/mol. The number of anilines is 1. The minimum absolute atomic E-state index is 0.0940. The molecule has 2 aromatic rings. The SMILES string of the molecule is Cc1ccc2c(c1)N[C@@]1(CCC(=O)N([C@H](C)C(=O)NCc3ccccn3)CC1)NC2=O. The zero-order valence-corrected chi connectivity index (χ0v) is 17.8. The molecule has 0 aliphatic carbocycles. The minimum atomic E-state index is -0.702. The first-order chi connectivity index (χ1) is 14.9. The van der Waals surface area contributed by atoms with Crippen LogP contribution in [0.3, 0.4) is 0 Å². The highest BCUT2D eigenvalue weighted by Crippen LogP contribution is 2.32. The van der Waals surface area contributed by atoms with Crippen molar-refractivity contribution in [3.63, 3.8) is 0 Å². The number of benzene rings is 1. The number of amides is 3. The number of carbonyl (C=O) groups is 3. The lowest BCUT2D eigenvalue weighted by atomic mass is 9.94. The maximum absolute atomic E-state index is 12.8. The molecule has 3 amide bonds. The van der Waals surface area contributed by atoms with Crippen LogP contribution in [0.1, 0.15) is 47.8 Å². The van der Waals surface area contributed by atoms with E-state index in [2.05, 4.69) is 20.9 Å². The first kappa shape index (κ1) is 20.8. The fourth-order valence-electron chi connectivity index (χ4n) is 4.19. The molecule has 3 N–H and O–H groups in total. The van der Waals surface area contributed by atoms with Crippen molar-refractivity contribution in [1.29, 1.82) is 0 Å². The van der Waals surface area contributed by atoms with Crippen molar-refractivity contribution in [2.45, 2.75) is 51.4 Å². The normalized spacial score (nSPS) is 21.5. The fraction of sp³-hybridized carbons (Fsp3) is 0.391. The number of nitrogens with zero attached hydrogens (tertiary/aromatic N) is 2. The van der Waals surface area contributed by atoms with Gasteiger partial charge >= 0.3 is 0 Å². The number of likely N-dealkylation sites (tertiary alicyclic amines) is 1. The lowest BCUT2D eigenvalue weighted by Crippen LogP contribution is -2.58. The molecule has 4 rings (SSSR count). The summed E-state index contributed by atoms with van der Waals surface area (Å²) < 4.78 is 0. The summed E-state index contributed by atoms with van der Waals surface area (Å²) in [6.07, 6.45) is 2.89. The summed E-state index contributed by atoms with van der Waals surface area (Å²) in [5, 5.41) is 9.38. The predicted molar refractivity (Wildman–Crippen MR) is 116 cm³/mol. The van der Waals surface area contributed by atoms with Crippen LogP contribution in [0.4, 0.5) is 5.69 Å². The Balaban J connectivity index is 1.44. The molecule has 1 aromatic heterocycles. The van der Waals surface area contributed by atoms with Gasteiger partial charge in [0.1, 0.15) is 11.7 Å². The van der Waals surface area contributed by atoms with Gasteiger partial charge in [0.2, 0.25) is 11.8 Å². The summed E-state index contributed by atoms with van der Waals surface area (Å²) in [5.41, 5.74) is 2.50. The molecule has 0 bridgehead atoms. The topological polar surface area (TPSA) is 103 Å². The smallest absolute Gasteiger partial charge is 0.255 e. The molecule has 1 spiro atoms. The molecule has 1 fully saturated rings. The van der Waals surface area contributed by atoms with E-state index in [0.717, 1.165) is 16.9 Å². The lowest BCUT2D eigenvalue weighted by molar-refractivity contribution is -0.139. The van der Waals surface area contributed by atoms with Crippen LogP contribution in [0, 0.1) is 6.92 Å². The highest BCUT2D eigenvalue weighted by molar-refractivity contribution is 6.02. The van der Waals surface area contributed by atoms with E-state index in [1.807, 2.05) is 43.3 Å². The Bertz CT molecular complexity index is 1010. The zero-order chi connectivity index (χ0) is 22.0. The molecule has 0 unspecified atom stereocenters. The average Bonchev–Trinajstić information content (AvgIpc) is 2.91. The van der Waals surface area contributed by atoms with Crippen LogP contribution in [-0.4, -0.2) is 45.9 Å². The highest BCUT2D eigenvalue weighted by atomic mass is 16.2. The van der Waals surface area contributed by atoms with Crippen molar-refractivity contribution >= 4 is 23.4 Å². The third-order valence-corrected chi connectivity index (χ3v) is 6.03. The summed E-state index contributed by atoms with van der Waals surface area (Å²) in [5.74, 6) is -0.462. The number of rotatable bonds is 4. The molecule has 3 heterocycles. The third kappa shape index (κ3) is 4.38. The van der Waals surface area contributed by atoms with Gasteiger partial charge in [-0.15, -0.1) is 0 Å². The van der Waals surface area contributed by atoms with Gasteiger partial charge in [0.15, 0.2) is 0 Å². The van der Waals surface area contributed by atoms with Gasteiger partial charge in [-0.05, 0) is 50.1 Å². The maximum Gasteiger partial charge on any atom is 0.255 e. The Morgan fingerprint density at radius 3 is 2.84 bits per heavy atom. The second-order valence-electron chi connectivity index (χ2n) is 8.26. The average molecular weight is 422 g/mol. The minimum Gasteiger partial charge on any atom is -0.362 e. The number of hydrogen-bond donors (Lipinski definition) is 3. The Hall–Kier alpha value is -3.42. The van der Waals surface area contributed by atoms with Crippen LogP contribution in [-0.2, 0) is 16.1 Å². The molecular weight excluding hydrogens is 394 g/mol. The van der Waals surface area contributed by atoms with E-state index in [4.69, 9.17) is 0 Å². The number of fused-ring (bicyclic) bond motifs is 1. The van der Waals surface area contributed by atoms with Crippen molar-refractivity contribution in [3.8, 4) is 0 Å². The van der Waals surface area contributed by atoms with Gasteiger partial charge < -0.3 is 20.9 Å². The molecular formula is C23H27N5O3. The second-order valence-corrected chi connectivity index (χ2v) is 8.26. The largest absolute Gasteiger partial charge is 0.362 e. The summed E-state index contributed by atoms with van der Waals surface area (Å²) in [4.78, 5) is 44.0. The summed E-state index contributed by atoms with van der Waals surface area (Å²) in [7, 11) is 0. The lowest BCUT2D eigenvalue weighted by Gasteiger charge is -2.40. The third-order valence-electron chi connectivity index (χ3n) is 6.03. The molecule has 2 atom stereocenters. The number of nitrogens with one attached hydrogen (secondary N) is 3. The fourth-order valence-corrected chi connectivity index (χ4v) is 4.19. The van der Waals surface area contributed by atoms with Crippen LogP contribution in [0.2, 0.25) is 0 Å². The van der Waals surface area contributed by atoms with E-state index in [1.165, 1.54) is 0 Å². The molecule has 162 valence electrons. The van der Waals surface area contributed by atoms with Crippen molar-refractivity contribution < 1.29 is 14.4 Å². The van der Waals surface area contributed by atoms with Crippen molar-refractivity contribution in [3.05, 3.63) is 59.4 Å². The number of aryl methyl sites for hydroxylation is 1. The van der Waals surface area contributed by atoms with Gasteiger partial charge in [-0.1, -0.05) is 12.1 Å². The Morgan fingerprint density at radius 2 is 2.06 bits per heavy atom. The van der Waals surface area contributed by atoms with Gasteiger partial charge in [0, 0.05) is 31.3 Å². The zero-order valence-electron chi connectivity index (χ0n) is 17.8. The quantitative estimate of drug-likeness (QED) is 0.700. The molecule has 2 aliphatic rings. The maximum atomic E-state index is 12.8. The number of hydrogen-bond acceptors (Lipinski definition) is 5. The molecule has 8 heteroatoms. The van der Waals surface area contributed by atoms with Crippen LogP contribution in [0.5, 0.6) is 0 Å². The Labute approximate surface area is 181 Å². The Kier molecular flexibility index (Phi) is 5.63. The van der Waals surface area contributed by atoms with E-state index in [-0.39, 0.29) is 24.1 Å². The standard InChI is InChI=1S/C23H27N5O3/c1-15-6-7-18-19(13-15)26-23(27-22(18)31)9-8-20(29)28(12-10-23)16(2)21(30)25-14-17-5-3-4-11-24-17/h3-7,11,13,16,26H,8-10,12,14H2,1-2H3,(H,25,30)(H,27,31)/t16-,23+/m1/s1. The molecule has 1 aromatic carbocycles. The van der Waals surface area contributed by atoms with Crippen molar-refractivity contribution in [1.82, 2.24) is 20.5 Å². The summed E-state index contributed by atoms with van der Waals surface area (Å²) in [6, 6.07) is 10.6. The van der Waals surface area contributed by atoms with Crippen molar-refractivity contribution in [2.24, 2.45) is 0 Å². The number of aromatic nitrogens is 1. The van der Waals surface area contributed by atoms with Gasteiger partial charge in [-0.3, -0.25) is 19.4 Å². The van der Waals surface area contributed by atoms with Crippen LogP contribution in [0.25, 0.3) is 0 Å². The van der Waals surface area contributed by atoms with Gasteiger partial charge in [-0.2, -0.15) is 0 Å². The van der Waals surface area contributed by atoms with Crippen molar-refractivity contribution in [2.75, 3.05) is 11.9 Å². The Morgan fingerprint density at radius 1 is 1.23 bits per heavy atom. The van der Waals surface area contributed by atoms with Gasteiger partial charge in [0.25, 0.3) is 5.91 Å². The van der Waals surface area contributed by atoms with E-state index >= 15 is 0 Å². The molecule has 0 radical (unpaired) electrons. The van der Waals surface area contributed by atoms with E-state index in [0.29, 0.717) is 31.5 Å². The van der Waals surface area contributed by atoms with Gasteiger partial charge in [0.05, 0.1) is 17.8 Å². The highest BCUT2D eigenvalue weighted by Gasteiger charge is 2.41. The molecule has 2 aliphatic heterocycles. The van der Waals surface area contributed by atoms with E-state index < -0.39 is 11.7 Å². The summed E-state index contributed by atoms with van der Waals surface area (Å²) >= 11 is 0. The van der Waals surface area contributed by atoms with Gasteiger partial charge in [-0.25, -0.2) is 0 Å². The van der Waals surface area contributed by atoms with Crippen LogP contribution in [0.15, 0.2) is 42.6 Å². The molecule has 1 saturated heterocycles. The number of pyridine rings is 1. The molecule has 31 heavy (non-hydrogen) atoms. The number of carbonyl (C=O) groups excluding carboxylic acids is 3. The van der Waals surface area contributed by atoms with E-state index in [1.54, 1.807) is 18.0 Å². The predicted octanol–water partition coefficient (Wildman–Crippen LogP) is 1.96. The van der Waals surface area contributed by atoms with E-state index in [9.17, 15) is 14.4 Å².